The van der Waals surface area contributed by atoms with E-state index >= 15 is 0 Å². The van der Waals surface area contributed by atoms with Gasteiger partial charge in [0.05, 0.1) is 4.92 Å². The molecule has 0 aliphatic carbocycles. The first-order valence-corrected chi connectivity index (χ1v) is 6.30. The van der Waals surface area contributed by atoms with Crippen LogP contribution in [0.15, 0.2) is 24.3 Å². The molecule has 6 heteroatoms. The molecule has 1 fully saturated rings. The summed E-state index contributed by atoms with van der Waals surface area (Å²) in [6, 6.07) is 5.79. The molecule has 0 bridgehead atoms. The molecule has 19 heavy (non-hydrogen) atoms. The molecular formula is C13H17N3O3. The molecule has 0 spiro atoms. The lowest BCUT2D eigenvalue weighted by molar-refractivity contribution is -0.384. The Morgan fingerprint density at radius 2 is 1.84 bits per heavy atom. The van der Waals surface area contributed by atoms with Crippen LogP contribution in [-0.4, -0.2) is 53.9 Å². The third-order valence-corrected chi connectivity index (χ3v) is 3.33. The maximum Gasteiger partial charge on any atom is 0.269 e. The van der Waals surface area contributed by atoms with Gasteiger partial charge in [0.1, 0.15) is 0 Å². The fourth-order valence-electron chi connectivity index (χ4n) is 2.16. The summed E-state index contributed by atoms with van der Waals surface area (Å²) < 4.78 is 0. The molecule has 0 saturated carbocycles. The van der Waals surface area contributed by atoms with Crippen molar-refractivity contribution in [2.24, 2.45) is 0 Å². The van der Waals surface area contributed by atoms with Crippen LogP contribution < -0.4 is 0 Å². The molecule has 0 atom stereocenters. The number of carbonyl (C=O) groups excluding carboxylic acids is 1. The zero-order valence-electron chi connectivity index (χ0n) is 10.9. The van der Waals surface area contributed by atoms with Gasteiger partial charge in [-0.3, -0.25) is 14.9 Å². The molecule has 1 aliphatic rings. The van der Waals surface area contributed by atoms with Crippen LogP contribution in [0.1, 0.15) is 16.8 Å². The summed E-state index contributed by atoms with van der Waals surface area (Å²) in [6.45, 7) is 3.29. The predicted octanol–water partition coefficient (Wildman–Crippen LogP) is 1.37. The number of nitrogens with zero attached hydrogens (tertiary/aromatic N) is 3. The van der Waals surface area contributed by atoms with E-state index in [2.05, 4.69) is 4.90 Å². The van der Waals surface area contributed by atoms with Crippen LogP contribution in [0.5, 0.6) is 0 Å². The molecule has 6 nitrogen and oxygen atoms in total. The summed E-state index contributed by atoms with van der Waals surface area (Å²) in [5, 5.41) is 10.6. The van der Waals surface area contributed by atoms with Crippen molar-refractivity contribution >= 4 is 11.6 Å². The Balaban J connectivity index is 2.08. The number of amides is 1. The van der Waals surface area contributed by atoms with Gasteiger partial charge in [-0.1, -0.05) is 0 Å². The monoisotopic (exact) mass is 263 g/mol. The van der Waals surface area contributed by atoms with Crippen molar-refractivity contribution in [3.63, 3.8) is 0 Å². The summed E-state index contributed by atoms with van der Waals surface area (Å²) in [6.07, 6.45) is 0.954. The maximum atomic E-state index is 12.3. The van der Waals surface area contributed by atoms with E-state index < -0.39 is 4.92 Å². The average Bonchev–Trinajstić information content (AvgIpc) is 2.63. The van der Waals surface area contributed by atoms with E-state index in [1.54, 1.807) is 0 Å². The van der Waals surface area contributed by atoms with Crippen LogP contribution in [0.25, 0.3) is 0 Å². The first kappa shape index (κ1) is 13.5. The first-order chi connectivity index (χ1) is 9.08. The molecule has 0 radical (unpaired) electrons. The van der Waals surface area contributed by atoms with Gasteiger partial charge in [-0.2, -0.15) is 0 Å². The van der Waals surface area contributed by atoms with Crippen LogP contribution in [0.4, 0.5) is 5.69 Å². The molecule has 0 aromatic heterocycles. The minimum absolute atomic E-state index is 0.00662. The Kier molecular flexibility index (Phi) is 4.11. The molecule has 1 aromatic carbocycles. The van der Waals surface area contributed by atoms with Crippen molar-refractivity contribution in [2.75, 3.05) is 33.2 Å². The van der Waals surface area contributed by atoms with Crippen LogP contribution in [-0.2, 0) is 0 Å². The van der Waals surface area contributed by atoms with Crippen LogP contribution in [0, 0.1) is 10.1 Å². The average molecular weight is 263 g/mol. The smallest absolute Gasteiger partial charge is 0.269 e. The molecule has 0 N–H and O–H groups in total. The quantitative estimate of drug-likeness (QED) is 0.597. The topological polar surface area (TPSA) is 66.7 Å². The van der Waals surface area contributed by atoms with Crippen molar-refractivity contribution < 1.29 is 9.72 Å². The molecule has 1 heterocycles. The summed E-state index contributed by atoms with van der Waals surface area (Å²) in [7, 11) is 2.04. The van der Waals surface area contributed by atoms with Crippen molar-refractivity contribution in [1.29, 1.82) is 0 Å². The number of rotatable bonds is 2. The second-order valence-corrected chi connectivity index (χ2v) is 4.75. The lowest BCUT2D eigenvalue weighted by atomic mass is 10.2. The molecule has 2 rings (SSSR count). The van der Waals surface area contributed by atoms with Crippen LogP contribution >= 0.6 is 0 Å². The van der Waals surface area contributed by atoms with Gasteiger partial charge in [-0.15, -0.1) is 0 Å². The Morgan fingerprint density at radius 3 is 2.47 bits per heavy atom. The Labute approximate surface area is 111 Å². The number of likely N-dealkylation sites (N-methyl/N-ethyl adjacent to an activating group) is 1. The SMILES string of the molecule is CN1CCCN(C(=O)c2ccc([N+](=O)[O-])cc2)CC1. The second-order valence-electron chi connectivity index (χ2n) is 4.75. The van der Waals surface area contributed by atoms with Crippen molar-refractivity contribution in [3.8, 4) is 0 Å². The highest BCUT2D eigenvalue weighted by atomic mass is 16.6. The van der Waals surface area contributed by atoms with Gasteiger partial charge in [0.2, 0.25) is 0 Å². The van der Waals surface area contributed by atoms with Crippen LogP contribution in [0.3, 0.4) is 0 Å². The van der Waals surface area contributed by atoms with E-state index in [4.69, 9.17) is 0 Å². The number of hydrogen-bond donors (Lipinski definition) is 0. The minimum atomic E-state index is -0.463. The second kappa shape index (κ2) is 5.79. The minimum Gasteiger partial charge on any atom is -0.337 e. The number of carbonyl (C=O) groups is 1. The van der Waals surface area contributed by atoms with Gasteiger partial charge in [0.15, 0.2) is 0 Å². The van der Waals surface area contributed by atoms with Crippen molar-refractivity contribution in [3.05, 3.63) is 39.9 Å². The van der Waals surface area contributed by atoms with Gasteiger partial charge in [0, 0.05) is 37.3 Å². The maximum absolute atomic E-state index is 12.3. The third kappa shape index (κ3) is 3.29. The Morgan fingerprint density at radius 1 is 1.16 bits per heavy atom. The summed E-state index contributed by atoms with van der Waals surface area (Å²) >= 11 is 0. The molecule has 1 aromatic rings. The number of hydrogen-bond acceptors (Lipinski definition) is 4. The van der Waals surface area contributed by atoms with E-state index in [9.17, 15) is 14.9 Å². The number of nitro groups is 1. The third-order valence-electron chi connectivity index (χ3n) is 3.33. The zero-order valence-corrected chi connectivity index (χ0v) is 10.9. The highest BCUT2D eigenvalue weighted by Crippen LogP contribution is 2.14. The van der Waals surface area contributed by atoms with Gasteiger partial charge in [0.25, 0.3) is 11.6 Å². The summed E-state index contributed by atoms with van der Waals surface area (Å²) in [5.41, 5.74) is 0.516. The highest BCUT2D eigenvalue weighted by molar-refractivity contribution is 5.94. The van der Waals surface area contributed by atoms with E-state index in [0.29, 0.717) is 12.1 Å². The molecule has 1 amide bonds. The lowest BCUT2D eigenvalue weighted by Gasteiger charge is -2.20. The fraction of sp³-hybridized carbons (Fsp3) is 0.462. The van der Waals surface area contributed by atoms with Crippen LogP contribution in [0.2, 0.25) is 0 Å². The molecule has 1 aliphatic heterocycles. The fourth-order valence-corrected chi connectivity index (χ4v) is 2.16. The molecular weight excluding hydrogens is 246 g/mol. The van der Waals surface area contributed by atoms with E-state index in [-0.39, 0.29) is 11.6 Å². The number of benzene rings is 1. The van der Waals surface area contributed by atoms with Gasteiger partial charge >= 0.3 is 0 Å². The van der Waals surface area contributed by atoms with Gasteiger partial charge in [-0.25, -0.2) is 0 Å². The molecule has 1 saturated heterocycles. The predicted molar refractivity (Wildman–Crippen MR) is 71.1 cm³/mol. The summed E-state index contributed by atoms with van der Waals surface area (Å²) in [5.74, 6) is -0.0507. The van der Waals surface area contributed by atoms with Gasteiger partial charge < -0.3 is 9.80 Å². The van der Waals surface area contributed by atoms with Crippen molar-refractivity contribution in [2.45, 2.75) is 6.42 Å². The first-order valence-electron chi connectivity index (χ1n) is 6.30. The van der Waals surface area contributed by atoms with E-state index in [1.807, 2.05) is 11.9 Å². The number of nitro benzene ring substituents is 1. The zero-order chi connectivity index (χ0) is 13.8. The normalized spacial score (nSPS) is 17.0. The largest absolute Gasteiger partial charge is 0.337 e. The Bertz CT molecular complexity index is 473. The lowest BCUT2D eigenvalue weighted by Crippen LogP contribution is -2.34. The van der Waals surface area contributed by atoms with E-state index in [1.165, 1.54) is 24.3 Å². The standard InChI is InChI=1S/C13H17N3O3/c1-14-7-2-8-15(10-9-14)13(17)11-3-5-12(6-4-11)16(18)19/h3-6H,2,7-10H2,1H3. The highest BCUT2D eigenvalue weighted by Gasteiger charge is 2.19. The Hall–Kier alpha value is -1.95. The number of non-ortho nitro benzene ring substituents is 1. The van der Waals surface area contributed by atoms with Gasteiger partial charge in [-0.05, 0) is 32.1 Å². The van der Waals surface area contributed by atoms with Crippen molar-refractivity contribution in [1.82, 2.24) is 9.80 Å². The molecule has 102 valence electrons. The summed E-state index contributed by atoms with van der Waals surface area (Å²) in [4.78, 5) is 26.4. The molecule has 0 unspecified atom stereocenters. The van der Waals surface area contributed by atoms with E-state index in [0.717, 1.165) is 26.1 Å².